The van der Waals surface area contributed by atoms with Crippen LogP contribution in [0.3, 0.4) is 0 Å². The number of benzene rings is 2. The number of nitrogens with zero attached hydrogens (tertiary/aromatic N) is 1. The van der Waals surface area contributed by atoms with E-state index in [1.165, 1.54) is 6.07 Å². The summed E-state index contributed by atoms with van der Waals surface area (Å²) < 4.78 is 66.7. The summed E-state index contributed by atoms with van der Waals surface area (Å²) in [6.45, 7) is 3.16. The highest BCUT2D eigenvalue weighted by Crippen LogP contribution is 2.33. The minimum atomic E-state index is -4.42. The van der Waals surface area contributed by atoms with Crippen molar-refractivity contribution in [2.45, 2.75) is 24.2 Å². The lowest BCUT2D eigenvalue weighted by molar-refractivity contribution is 0.190. The first-order valence-electron chi connectivity index (χ1n) is 10.3. The Morgan fingerprint density at radius 2 is 1.97 bits per heavy atom. The molecule has 0 saturated carbocycles. The van der Waals surface area contributed by atoms with Crippen LogP contribution in [0.4, 0.5) is 14.6 Å². The van der Waals surface area contributed by atoms with Crippen LogP contribution in [0.15, 0.2) is 51.9 Å². The molecule has 1 aliphatic rings. The molecular formula is C22H22ClF2N3O4S. The second-order valence-corrected chi connectivity index (χ2v) is 9.95. The molecule has 1 fully saturated rings. The van der Waals surface area contributed by atoms with Crippen molar-refractivity contribution >= 4 is 27.4 Å². The third-order valence-electron chi connectivity index (χ3n) is 5.50. The molecule has 1 saturated heterocycles. The summed E-state index contributed by atoms with van der Waals surface area (Å²) in [6.07, 6.45) is 0.858. The monoisotopic (exact) mass is 497 g/mol. The first-order valence-corrected chi connectivity index (χ1v) is 12.1. The number of aromatic nitrogens is 1. The van der Waals surface area contributed by atoms with E-state index in [2.05, 4.69) is 15.2 Å². The third-order valence-corrected chi connectivity index (χ3v) is 7.12. The topological polar surface area (TPSA) is 93.5 Å². The van der Waals surface area contributed by atoms with Gasteiger partial charge in [0.1, 0.15) is 16.5 Å². The summed E-state index contributed by atoms with van der Waals surface area (Å²) in [6, 6.07) is 10.2. The second kappa shape index (κ2) is 9.66. The number of nitrogens with one attached hydrogen (secondary N) is 2. The highest BCUT2D eigenvalue weighted by Gasteiger charge is 2.28. The van der Waals surface area contributed by atoms with Gasteiger partial charge in [-0.25, -0.2) is 17.2 Å². The highest BCUT2D eigenvalue weighted by atomic mass is 35.5. The van der Waals surface area contributed by atoms with Crippen molar-refractivity contribution in [2.24, 2.45) is 5.92 Å². The van der Waals surface area contributed by atoms with Gasteiger partial charge in [0, 0.05) is 35.7 Å². The zero-order valence-corrected chi connectivity index (χ0v) is 19.2. The Hall–Kier alpha value is -2.69. The minimum absolute atomic E-state index is 0.00266. The van der Waals surface area contributed by atoms with Crippen molar-refractivity contribution in [3.8, 4) is 5.75 Å². The van der Waals surface area contributed by atoms with Crippen LogP contribution in [0.25, 0.3) is 0 Å². The van der Waals surface area contributed by atoms with Crippen LogP contribution in [-0.2, 0) is 10.0 Å². The zero-order valence-electron chi connectivity index (χ0n) is 17.6. The third kappa shape index (κ3) is 5.45. The molecular weight excluding hydrogens is 476 g/mol. The normalized spacial score (nSPS) is 18.8. The molecule has 3 aromatic rings. The molecule has 0 radical (unpaired) electrons. The smallest absolute Gasteiger partial charge is 0.266 e. The predicted octanol–water partition coefficient (Wildman–Crippen LogP) is 4.49. The standard InChI is InChI=1S/C22H22ClF2N3O4S/c1-13-8-22(27-32-13)28-33(29,30)21-10-18(24)20(9-19(21)25)31-12-15-11-26-7-6-17(15)14-2-4-16(23)5-3-14/h2-5,8-10,15,17,26H,6-7,11-12H2,1H3,(H,27,28)/t15-,17-/m1/s1. The lowest BCUT2D eigenvalue weighted by Gasteiger charge is -2.32. The molecule has 7 nitrogen and oxygen atoms in total. The molecule has 2 N–H and O–H groups in total. The van der Waals surface area contributed by atoms with Crippen LogP contribution in [0.2, 0.25) is 5.02 Å². The summed E-state index contributed by atoms with van der Waals surface area (Å²) in [5, 5.41) is 7.42. The van der Waals surface area contributed by atoms with Gasteiger partial charge in [-0.3, -0.25) is 4.72 Å². The van der Waals surface area contributed by atoms with Gasteiger partial charge in [-0.05, 0) is 43.5 Å². The number of hydrogen-bond acceptors (Lipinski definition) is 6. The van der Waals surface area contributed by atoms with Crippen molar-refractivity contribution in [1.82, 2.24) is 10.5 Å². The molecule has 1 aromatic heterocycles. The van der Waals surface area contributed by atoms with E-state index in [0.717, 1.165) is 24.6 Å². The number of aryl methyl sites for hydroxylation is 1. The van der Waals surface area contributed by atoms with Gasteiger partial charge < -0.3 is 14.6 Å². The van der Waals surface area contributed by atoms with Gasteiger partial charge in [0.2, 0.25) is 0 Å². The number of piperidine rings is 1. The molecule has 1 aliphatic heterocycles. The molecule has 2 heterocycles. The average Bonchev–Trinajstić information content (AvgIpc) is 3.18. The van der Waals surface area contributed by atoms with E-state index < -0.39 is 26.6 Å². The van der Waals surface area contributed by atoms with Crippen molar-refractivity contribution in [1.29, 1.82) is 0 Å². The van der Waals surface area contributed by atoms with Gasteiger partial charge in [0.15, 0.2) is 17.4 Å². The fourth-order valence-corrected chi connectivity index (χ4v) is 5.06. The number of rotatable bonds is 7. The number of ether oxygens (including phenoxy) is 1. The molecule has 2 aromatic carbocycles. The average molecular weight is 498 g/mol. The lowest BCUT2D eigenvalue weighted by atomic mass is 9.81. The number of hydrogen-bond donors (Lipinski definition) is 2. The maximum absolute atomic E-state index is 14.7. The molecule has 0 aliphatic carbocycles. The van der Waals surface area contributed by atoms with Gasteiger partial charge in [0.05, 0.1) is 6.61 Å². The van der Waals surface area contributed by atoms with E-state index in [1.807, 2.05) is 24.3 Å². The summed E-state index contributed by atoms with van der Waals surface area (Å²) in [4.78, 5) is -0.855. The van der Waals surface area contributed by atoms with E-state index in [1.54, 1.807) is 6.92 Å². The fraction of sp³-hybridized carbons (Fsp3) is 0.318. The fourth-order valence-electron chi connectivity index (χ4n) is 3.88. The van der Waals surface area contributed by atoms with Gasteiger partial charge in [-0.15, -0.1) is 0 Å². The van der Waals surface area contributed by atoms with Crippen LogP contribution in [0.1, 0.15) is 23.7 Å². The van der Waals surface area contributed by atoms with E-state index >= 15 is 0 Å². The first kappa shape index (κ1) is 23.5. The first-order chi connectivity index (χ1) is 15.7. The molecule has 2 atom stereocenters. The Labute approximate surface area is 195 Å². The summed E-state index contributed by atoms with van der Waals surface area (Å²) in [7, 11) is -4.42. The van der Waals surface area contributed by atoms with E-state index in [0.29, 0.717) is 23.4 Å². The van der Waals surface area contributed by atoms with E-state index in [9.17, 15) is 17.2 Å². The molecule has 33 heavy (non-hydrogen) atoms. The van der Waals surface area contributed by atoms with Crippen molar-refractivity contribution in [3.05, 3.63) is 70.4 Å². The van der Waals surface area contributed by atoms with Crippen molar-refractivity contribution < 1.29 is 26.5 Å². The second-order valence-electron chi connectivity index (χ2n) is 7.86. The zero-order chi connectivity index (χ0) is 23.6. The molecule has 0 amide bonds. The van der Waals surface area contributed by atoms with Crippen LogP contribution in [-0.4, -0.2) is 33.3 Å². The van der Waals surface area contributed by atoms with E-state index in [4.69, 9.17) is 20.9 Å². The summed E-state index contributed by atoms with van der Waals surface area (Å²) in [5.41, 5.74) is 1.09. The van der Waals surface area contributed by atoms with Crippen LogP contribution < -0.4 is 14.8 Å². The van der Waals surface area contributed by atoms with Crippen molar-refractivity contribution in [3.63, 3.8) is 0 Å². The van der Waals surface area contributed by atoms with Gasteiger partial charge >= 0.3 is 0 Å². The quantitative estimate of drug-likeness (QED) is 0.499. The van der Waals surface area contributed by atoms with Gasteiger partial charge in [-0.1, -0.05) is 28.9 Å². The van der Waals surface area contributed by atoms with E-state index in [-0.39, 0.29) is 30.0 Å². The SMILES string of the molecule is Cc1cc(NS(=O)(=O)c2cc(F)c(OC[C@H]3CNCC[C@@H]3c3ccc(Cl)cc3)cc2F)no1. The lowest BCUT2D eigenvalue weighted by Crippen LogP contribution is -2.38. The molecule has 176 valence electrons. The molecule has 4 rings (SSSR count). The number of anilines is 1. The van der Waals surface area contributed by atoms with Gasteiger partial charge in [-0.2, -0.15) is 0 Å². The summed E-state index contributed by atoms with van der Waals surface area (Å²) >= 11 is 5.98. The number of sulfonamides is 1. The Morgan fingerprint density at radius 1 is 1.21 bits per heavy atom. The molecule has 0 spiro atoms. The van der Waals surface area contributed by atoms with Crippen LogP contribution in [0.5, 0.6) is 5.75 Å². The maximum Gasteiger partial charge on any atom is 0.266 e. The molecule has 0 unspecified atom stereocenters. The van der Waals surface area contributed by atoms with Crippen LogP contribution >= 0.6 is 11.6 Å². The minimum Gasteiger partial charge on any atom is -0.490 e. The molecule has 0 bridgehead atoms. The Morgan fingerprint density at radius 3 is 2.67 bits per heavy atom. The van der Waals surface area contributed by atoms with Crippen molar-refractivity contribution in [2.75, 3.05) is 24.4 Å². The largest absolute Gasteiger partial charge is 0.490 e. The Balaban J connectivity index is 1.49. The number of halogens is 3. The Bertz CT molecular complexity index is 1230. The summed E-state index contributed by atoms with van der Waals surface area (Å²) in [5.74, 6) is -2.10. The highest BCUT2D eigenvalue weighted by molar-refractivity contribution is 7.92. The molecule has 11 heteroatoms. The van der Waals surface area contributed by atoms with Crippen LogP contribution in [0, 0.1) is 24.5 Å². The Kier molecular flexibility index (Phi) is 6.87. The maximum atomic E-state index is 14.7. The van der Waals surface area contributed by atoms with Gasteiger partial charge in [0.25, 0.3) is 10.0 Å². The predicted molar refractivity (Wildman–Crippen MR) is 119 cm³/mol.